The first-order valence-corrected chi connectivity index (χ1v) is 6.32. The Morgan fingerprint density at radius 3 is 2.71 bits per heavy atom. The summed E-state index contributed by atoms with van der Waals surface area (Å²) < 4.78 is 5.50. The molecule has 1 N–H and O–H groups in total. The van der Waals surface area contributed by atoms with Gasteiger partial charge in [-0.2, -0.15) is 0 Å². The fourth-order valence-corrected chi connectivity index (χ4v) is 3.00. The number of likely N-dealkylation sites (tertiary alicyclic amines) is 1. The fourth-order valence-electron chi connectivity index (χ4n) is 3.00. The van der Waals surface area contributed by atoms with E-state index < -0.39 is 12.0 Å². The maximum atomic E-state index is 12.2. The Kier molecular flexibility index (Phi) is 2.58. The monoisotopic (exact) mass is 239 g/mol. The van der Waals surface area contributed by atoms with Gasteiger partial charge in [-0.1, -0.05) is 0 Å². The maximum absolute atomic E-state index is 12.2. The summed E-state index contributed by atoms with van der Waals surface area (Å²) in [5.41, 5.74) is 0. The van der Waals surface area contributed by atoms with Crippen LogP contribution < -0.4 is 0 Å². The highest BCUT2D eigenvalue weighted by atomic mass is 16.5. The lowest BCUT2D eigenvalue weighted by Crippen LogP contribution is -2.45. The number of carbonyl (C=O) groups is 2. The molecule has 0 spiro atoms. The quantitative estimate of drug-likeness (QED) is 0.784. The number of rotatable bonds is 3. The smallest absolute Gasteiger partial charge is 0.326 e. The van der Waals surface area contributed by atoms with Crippen LogP contribution in [0, 0.1) is 5.92 Å². The minimum absolute atomic E-state index is 0.00218. The van der Waals surface area contributed by atoms with Crippen LogP contribution >= 0.6 is 0 Å². The molecule has 3 aliphatic rings. The maximum Gasteiger partial charge on any atom is 0.326 e. The van der Waals surface area contributed by atoms with Gasteiger partial charge in [0.25, 0.3) is 0 Å². The van der Waals surface area contributed by atoms with Gasteiger partial charge in [0, 0.05) is 19.4 Å². The van der Waals surface area contributed by atoms with Crippen molar-refractivity contribution >= 4 is 11.9 Å². The number of hydrogen-bond donors (Lipinski definition) is 1. The molecule has 0 aromatic rings. The SMILES string of the molecule is O=C(O)C1CC2OCCC2N1C(=O)CC1CC1. The van der Waals surface area contributed by atoms with E-state index in [0.29, 0.717) is 25.4 Å². The second-order valence-corrected chi connectivity index (χ2v) is 5.30. The Hall–Kier alpha value is -1.10. The second-order valence-electron chi connectivity index (χ2n) is 5.30. The predicted octanol–water partition coefficient (Wildman–Crippen LogP) is 0.629. The van der Waals surface area contributed by atoms with Crippen molar-refractivity contribution in [2.45, 2.75) is 50.3 Å². The summed E-state index contributed by atoms with van der Waals surface area (Å²) in [5.74, 6) is -0.386. The average Bonchev–Trinajstić information content (AvgIpc) is 2.84. The lowest BCUT2D eigenvalue weighted by Gasteiger charge is -2.26. The molecule has 1 amide bonds. The number of hydrogen-bond acceptors (Lipinski definition) is 3. The van der Waals surface area contributed by atoms with E-state index in [-0.39, 0.29) is 18.1 Å². The molecular formula is C12H17NO4. The molecule has 2 saturated heterocycles. The molecule has 3 fully saturated rings. The highest BCUT2D eigenvalue weighted by Gasteiger charge is 2.50. The van der Waals surface area contributed by atoms with E-state index in [4.69, 9.17) is 4.74 Å². The highest BCUT2D eigenvalue weighted by Crippen LogP contribution is 2.38. The Bertz CT molecular complexity index is 352. The summed E-state index contributed by atoms with van der Waals surface area (Å²) >= 11 is 0. The van der Waals surface area contributed by atoms with Crippen LogP contribution in [0.25, 0.3) is 0 Å². The molecule has 94 valence electrons. The van der Waals surface area contributed by atoms with E-state index in [9.17, 15) is 14.7 Å². The third kappa shape index (κ3) is 1.92. The zero-order chi connectivity index (χ0) is 12.0. The van der Waals surface area contributed by atoms with Gasteiger partial charge >= 0.3 is 5.97 Å². The van der Waals surface area contributed by atoms with E-state index in [0.717, 1.165) is 19.3 Å². The van der Waals surface area contributed by atoms with Crippen LogP contribution in [0.1, 0.15) is 32.1 Å². The number of aliphatic carboxylic acids is 1. The summed E-state index contributed by atoms with van der Waals surface area (Å²) in [6.07, 6.45) is 3.93. The second kappa shape index (κ2) is 3.98. The van der Waals surface area contributed by atoms with Gasteiger partial charge in [-0.15, -0.1) is 0 Å². The van der Waals surface area contributed by atoms with Gasteiger partial charge < -0.3 is 14.7 Å². The molecule has 3 atom stereocenters. The molecule has 0 aromatic carbocycles. The van der Waals surface area contributed by atoms with Crippen LogP contribution in [0.4, 0.5) is 0 Å². The van der Waals surface area contributed by atoms with Gasteiger partial charge in [0.15, 0.2) is 0 Å². The van der Waals surface area contributed by atoms with E-state index in [1.54, 1.807) is 4.90 Å². The minimum Gasteiger partial charge on any atom is -0.480 e. The van der Waals surface area contributed by atoms with Gasteiger partial charge in [0.05, 0.1) is 12.1 Å². The molecule has 0 radical (unpaired) electrons. The summed E-state index contributed by atoms with van der Waals surface area (Å²) in [5, 5.41) is 9.19. The lowest BCUT2D eigenvalue weighted by atomic mass is 10.1. The molecule has 2 aliphatic heterocycles. The molecule has 2 heterocycles. The van der Waals surface area contributed by atoms with Crippen molar-refractivity contribution in [2.24, 2.45) is 5.92 Å². The third-order valence-corrected chi connectivity index (χ3v) is 4.06. The number of amides is 1. The third-order valence-electron chi connectivity index (χ3n) is 4.06. The Morgan fingerprint density at radius 1 is 1.29 bits per heavy atom. The van der Waals surface area contributed by atoms with Crippen molar-refractivity contribution in [3.8, 4) is 0 Å². The topological polar surface area (TPSA) is 66.8 Å². The first kappa shape index (κ1) is 11.0. The van der Waals surface area contributed by atoms with Crippen molar-refractivity contribution in [3.05, 3.63) is 0 Å². The number of ether oxygens (including phenoxy) is 1. The molecule has 3 unspecified atom stereocenters. The van der Waals surface area contributed by atoms with Gasteiger partial charge in [0.1, 0.15) is 6.04 Å². The van der Waals surface area contributed by atoms with E-state index in [1.807, 2.05) is 0 Å². The Morgan fingerprint density at radius 2 is 2.06 bits per heavy atom. The molecule has 3 rings (SSSR count). The van der Waals surface area contributed by atoms with Crippen LogP contribution in [-0.2, 0) is 14.3 Å². The minimum atomic E-state index is -0.896. The summed E-state index contributed by atoms with van der Waals surface area (Å²) in [6, 6.07) is -0.668. The molecule has 0 aromatic heterocycles. The zero-order valence-electron chi connectivity index (χ0n) is 9.67. The molecule has 5 nitrogen and oxygen atoms in total. The summed E-state index contributed by atoms with van der Waals surface area (Å²) in [4.78, 5) is 25.0. The number of nitrogens with zero attached hydrogens (tertiary/aromatic N) is 1. The van der Waals surface area contributed by atoms with Crippen molar-refractivity contribution in [1.29, 1.82) is 0 Å². The number of fused-ring (bicyclic) bond motifs is 1. The first-order chi connectivity index (χ1) is 8.16. The summed E-state index contributed by atoms with van der Waals surface area (Å²) in [6.45, 7) is 0.648. The molecule has 17 heavy (non-hydrogen) atoms. The molecular weight excluding hydrogens is 222 g/mol. The predicted molar refractivity (Wildman–Crippen MR) is 58.4 cm³/mol. The average molecular weight is 239 g/mol. The Balaban J connectivity index is 1.76. The van der Waals surface area contributed by atoms with Crippen LogP contribution in [-0.4, -0.2) is 46.7 Å². The highest BCUT2D eigenvalue weighted by molar-refractivity contribution is 5.85. The van der Waals surface area contributed by atoms with E-state index in [1.165, 1.54) is 0 Å². The number of carboxylic acid groups (broad SMARTS) is 1. The number of carboxylic acids is 1. The fraction of sp³-hybridized carbons (Fsp3) is 0.833. The van der Waals surface area contributed by atoms with Gasteiger partial charge in [-0.3, -0.25) is 4.79 Å². The zero-order valence-corrected chi connectivity index (χ0v) is 9.67. The van der Waals surface area contributed by atoms with Gasteiger partial charge in [-0.05, 0) is 25.2 Å². The van der Waals surface area contributed by atoms with Crippen LogP contribution in [0.15, 0.2) is 0 Å². The van der Waals surface area contributed by atoms with Crippen molar-refractivity contribution < 1.29 is 19.4 Å². The van der Waals surface area contributed by atoms with Crippen molar-refractivity contribution in [1.82, 2.24) is 4.90 Å². The van der Waals surface area contributed by atoms with Gasteiger partial charge in [0.2, 0.25) is 5.91 Å². The Labute approximate surface area is 99.7 Å². The molecule has 5 heteroatoms. The van der Waals surface area contributed by atoms with E-state index in [2.05, 4.69) is 0 Å². The standard InChI is InChI=1S/C12H17NO4/c14-11(5-7-1-2-7)13-8-3-4-17-10(8)6-9(13)12(15)16/h7-10H,1-6H2,(H,15,16). The van der Waals surface area contributed by atoms with Crippen molar-refractivity contribution in [2.75, 3.05) is 6.61 Å². The van der Waals surface area contributed by atoms with Crippen LogP contribution in [0.5, 0.6) is 0 Å². The molecule has 0 bridgehead atoms. The first-order valence-electron chi connectivity index (χ1n) is 6.32. The number of carbonyl (C=O) groups excluding carboxylic acids is 1. The lowest BCUT2D eigenvalue weighted by molar-refractivity contribution is -0.149. The molecule has 1 aliphatic carbocycles. The summed E-state index contributed by atoms with van der Waals surface area (Å²) in [7, 11) is 0. The van der Waals surface area contributed by atoms with Crippen LogP contribution in [0.2, 0.25) is 0 Å². The van der Waals surface area contributed by atoms with Crippen molar-refractivity contribution in [3.63, 3.8) is 0 Å². The van der Waals surface area contributed by atoms with Gasteiger partial charge in [-0.25, -0.2) is 4.79 Å². The largest absolute Gasteiger partial charge is 0.480 e. The van der Waals surface area contributed by atoms with E-state index >= 15 is 0 Å². The van der Waals surface area contributed by atoms with Crippen LogP contribution in [0.3, 0.4) is 0 Å². The normalized spacial score (nSPS) is 36.0. The molecule has 1 saturated carbocycles.